The Balaban J connectivity index is 1.33. The van der Waals surface area contributed by atoms with Gasteiger partial charge in [0.2, 0.25) is 21.8 Å². The number of halogens is 1. The van der Waals surface area contributed by atoms with E-state index in [9.17, 15) is 18.0 Å². The number of hydrogen-bond acceptors (Lipinski definition) is 4. The Bertz CT molecular complexity index is 1550. The van der Waals surface area contributed by atoms with Gasteiger partial charge < -0.3 is 10.2 Å². The van der Waals surface area contributed by atoms with Crippen LogP contribution in [-0.2, 0) is 32.6 Å². The van der Waals surface area contributed by atoms with Gasteiger partial charge in [-0.1, -0.05) is 77.8 Å². The molecule has 2 amide bonds. The van der Waals surface area contributed by atoms with Crippen LogP contribution < -0.4 is 10.0 Å². The Morgan fingerprint density at radius 2 is 1.59 bits per heavy atom. The molecule has 3 aromatic carbocycles. The van der Waals surface area contributed by atoms with Crippen LogP contribution in [0.5, 0.6) is 0 Å². The first-order valence-electron chi connectivity index (χ1n) is 15.4. The number of nitrogens with one attached hydrogen (secondary N) is 2. The standard InChI is InChI=1S/C35H40ClN3O4S/c36-30-16-11-28(12-17-30)25-39(33(40)22-15-27-13-20-32(21-14-27)44(42,43)38-31-18-19-31)34(29-9-5-2-6-10-29)35(41)37-24-23-26-7-3-1-4-8-26/h2,5-7,9-14,16-17,20-21,31,34,38H,1,3-4,8,15,18-19,22-25H2,(H,37,41). The maximum atomic E-state index is 14.0. The number of nitrogens with zero attached hydrogens (tertiary/aromatic N) is 1. The molecule has 9 heteroatoms. The fourth-order valence-corrected chi connectivity index (χ4v) is 6.94. The SMILES string of the molecule is O=C(NCCC1=CCCCC1)C(c1ccccc1)N(Cc1ccc(Cl)cc1)C(=O)CCc1ccc(S(=O)(=O)NC2CC2)cc1. The number of sulfonamides is 1. The normalized spacial score (nSPS) is 15.7. The summed E-state index contributed by atoms with van der Waals surface area (Å²) in [6.07, 6.45) is 9.95. The van der Waals surface area contributed by atoms with Crippen LogP contribution in [0.2, 0.25) is 5.02 Å². The van der Waals surface area contributed by atoms with Gasteiger partial charge in [0.15, 0.2) is 0 Å². The van der Waals surface area contributed by atoms with Crippen LogP contribution in [0.25, 0.3) is 0 Å². The van der Waals surface area contributed by atoms with Crippen molar-refractivity contribution in [3.8, 4) is 0 Å². The fraction of sp³-hybridized carbons (Fsp3) is 0.371. The van der Waals surface area contributed by atoms with Crippen molar-refractivity contribution >= 4 is 33.4 Å². The van der Waals surface area contributed by atoms with Crippen molar-refractivity contribution in [2.24, 2.45) is 0 Å². The molecule has 0 aliphatic heterocycles. The summed E-state index contributed by atoms with van der Waals surface area (Å²) in [5.74, 6) is -0.390. The summed E-state index contributed by atoms with van der Waals surface area (Å²) in [5, 5.41) is 3.71. The van der Waals surface area contributed by atoms with Gasteiger partial charge in [0.05, 0.1) is 4.90 Å². The summed E-state index contributed by atoms with van der Waals surface area (Å²) in [7, 11) is -3.55. The molecule has 232 valence electrons. The molecule has 0 heterocycles. The van der Waals surface area contributed by atoms with Gasteiger partial charge in [-0.05, 0) is 92.3 Å². The molecule has 2 N–H and O–H groups in total. The third-order valence-corrected chi connectivity index (χ3v) is 9.94. The van der Waals surface area contributed by atoms with E-state index < -0.39 is 16.1 Å². The monoisotopic (exact) mass is 633 g/mol. The van der Waals surface area contributed by atoms with E-state index in [1.807, 2.05) is 42.5 Å². The van der Waals surface area contributed by atoms with E-state index in [2.05, 4.69) is 16.1 Å². The van der Waals surface area contributed by atoms with E-state index in [0.717, 1.165) is 48.8 Å². The zero-order valence-corrected chi connectivity index (χ0v) is 26.5. The van der Waals surface area contributed by atoms with Crippen molar-refractivity contribution in [2.45, 2.75) is 81.3 Å². The lowest BCUT2D eigenvalue weighted by Crippen LogP contribution is -2.43. The molecule has 7 nitrogen and oxygen atoms in total. The molecule has 1 saturated carbocycles. The molecule has 5 rings (SSSR count). The lowest BCUT2D eigenvalue weighted by molar-refractivity contribution is -0.141. The summed E-state index contributed by atoms with van der Waals surface area (Å²) in [6, 6.07) is 22.6. The van der Waals surface area contributed by atoms with Crippen molar-refractivity contribution in [3.05, 3.63) is 112 Å². The van der Waals surface area contributed by atoms with Crippen LogP contribution in [0.4, 0.5) is 0 Å². The average Bonchev–Trinajstić information content (AvgIpc) is 3.85. The van der Waals surface area contributed by atoms with Crippen molar-refractivity contribution in [2.75, 3.05) is 6.54 Å². The zero-order chi connectivity index (χ0) is 30.9. The van der Waals surface area contributed by atoms with Crippen molar-refractivity contribution in [1.82, 2.24) is 14.9 Å². The molecule has 2 aliphatic rings. The Hall–Kier alpha value is -3.46. The summed E-state index contributed by atoms with van der Waals surface area (Å²) >= 11 is 6.13. The van der Waals surface area contributed by atoms with Gasteiger partial charge in [-0.2, -0.15) is 0 Å². The summed E-state index contributed by atoms with van der Waals surface area (Å²) in [4.78, 5) is 29.7. The van der Waals surface area contributed by atoms with Crippen molar-refractivity contribution in [3.63, 3.8) is 0 Å². The van der Waals surface area contributed by atoms with Crippen molar-refractivity contribution < 1.29 is 18.0 Å². The molecule has 44 heavy (non-hydrogen) atoms. The largest absolute Gasteiger partial charge is 0.354 e. The number of benzene rings is 3. The quantitative estimate of drug-likeness (QED) is 0.198. The highest BCUT2D eigenvalue weighted by Gasteiger charge is 2.31. The Morgan fingerprint density at radius 3 is 2.25 bits per heavy atom. The molecule has 3 aromatic rings. The first kappa shape index (κ1) is 31.9. The average molecular weight is 634 g/mol. The van der Waals surface area contributed by atoms with Gasteiger partial charge in [-0.15, -0.1) is 0 Å². The third-order valence-electron chi connectivity index (χ3n) is 8.15. The highest BCUT2D eigenvalue weighted by molar-refractivity contribution is 7.89. The minimum atomic E-state index is -3.55. The highest BCUT2D eigenvalue weighted by atomic mass is 35.5. The maximum absolute atomic E-state index is 14.0. The van der Waals surface area contributed by atoms with E-state index in [1.165, 1.54) is 18.4 Å². The minimum absolute atomic E-state index is 0.0306. The number of hydrogen-bond donors (Lipinski definition) is 2. The lowest BCUT2D eigenvalue weighted by Gasteiger charge is -2.32. The van der Waals surface area contributed by atoms with Crippen LogP contribution in [-0.4, -0.2) is 37.7 Å². The molecule has 1 unspecified atom stereocenters. The predicted octanol–water partition coefficient (Wildman–Crippen LogP) is 6.49. The molecular weight excluding hydrogens is 594 g/mol. The van der Waals surface area contributed by atoms with Crippen LogP contribution in [0.3, 0.4) is 0 Å². The number of allylic oxidation sites excluding steroid dienone is 1. The fourth-order valence-electron chi connectivity index (χ4n) is 5.51. The smallest absolute Gasteiger partial charge is 0.247 e. The first-order valence-corrected chi connectivity index (χ1v) is 17.3. The van der Waals surface area contributed by atoms with E-state index in [4.69, 9.17) is 11.6 Å². The number of rotatable bonds is 14. The van der Waals surface area contributed by atoms with E-state index in [1.54, 1.807) is 41.3 Å². The summed E-state index contributed by atoms with van der Waals surface area (Å²) in [6.45, 7) is 0.750. The maximum Gasteiger partial charge on any atom is 0.247 e. The second-order valence-corrected chi connectivity index (χ2v) is 13.8. The molecule has 0 bridgehead atoms. The molecule has 1 atom stereocenters. The first-order chi connectivity index (χ1) is 21.3. The Labute approximate surface area is 265 Å². The van der Waals surface area contributed by atoms with Gasteiger partial charge in [0.1, 0.15) is 6.04 Å². The van der Waals surface area contributed by atoms with Crippen LogP contribution >= 0.6 is 11.6 Å². The van der Waals surface area contributed by atoms with Crippen molar-refractivity contribution in [1.29, 1.82) is 0 Å². The second-order valence-electron chi connectivity index (χ2n) is 11.7. The van der Waals surface area contributed by atoms with E-state index in [0.29, 0.717) is 18.0 Å². The lowest BCUT2D eigenvalue weighted by atomic mass is 9.97. The van der Waals surface area contributed by atoms with Gasteiger partial charge in [0, 0.05) is 30.6 Å². The van der Waals surface area contributed by atoms with Crippen LogP contribution in [0.1, 0.15) is 74.1 Å². The molecular formula is C35H40ClN3O4S. The molecule has 0 radical (unpaired) electrons. The minimum Gasteiger partial charge on any atom is -0.354 e. The van der Waals surface area contributed by atoms with Crippen LogP contribution in [0, 0.1) is 0 Å². The zero-order valence-electron chi connectivity index (χ0n) is 24.9. The van der Waals surface area contributed by atoms with E-state index in [-0.39, 0.29) is 35.7 Å². The molecule has 0 aromatic heterocycles. The third kappa shape index (κ3) is 9.03. The number of carbonyl (C=O) groups is 2. The van der Waals surface area contributed by atoms with Gasteiger partial charge >= 0.3 is 0 Å². The second kappa shape index (κ2) is 15.0. The highest BCUT2D eigenvalue weighted by Crippen LogP contribution is 2.27. The topological polar surface area (TPSA) is 95.6 Å². The van der Waals surface area contributed by atoms with Gasteiger partial charge in [-0.25, -0.2) is 13.1 Å². The van der Waals surface area contributed by atoms with E-state index >= 15 is 0 Å². The van der Waals surface area contributed by atoms with Crippen LogP contribution in [0.15, 0.2) is 95.4 Å². The Morgan fingerprint density at radius 1 is 0.886 bits per heavy atom. The van der Waals surface area contributed by atoms with Gasteiger partial charge in [0.25, 0.3) is 0 Å². The summed E-state index contributed by atoms with van der Waals surface area (Å²) < 4.78 is 27.8. The Kier molecular flexibility index (Phi) is 10.9. The summed E-state index contributed by atoms with van der Waals surface area (Å²) in [5.41, 5.74) is 3.82. The number of amides is 2. The predicted molar refractivity (Wildman–Crippen MR) is 173 cm³/mol. The molecule has 1 fully saturated rings. The number of carbonyl (C=O) groups excluding carboxylic acids is 2. The number of aryl methyl sites for hydroxylation is 1. The molecule has 0 saturated heterocycles. The van der Waals surface area contributed by atoms with Gasteiger partial charge in [-0.3, -0.25) is 9.59 Å². The molecule has 0 spiro atoms. The molecule has 2 aliphatic carbocycles.